The van der Waals surface area contributed by atoms with Gasteiger partial charge < -0.3 is 9.88 Å². The van der Waals surface area contributed by atoms with Gasteiger partial charge in [0.25, 0.3) is 5.91 Å². The lowest BCUT2D eigenvalue weighted by Crippen LogP contribution is -2.14. The van der Waals surface area contributed by atoms with Gasteiger partial charge in [0.05, 0.1) is 5.69 Å². The molecule has 0 aliphatic rings. The van der Waals surface area contributed by atoms with E-state index in [1.165, 1.54) is 12.1 Å². The number of carbonyl (C=O) groups is 1. The lowest BCUT2D eigenvalue weighted by Gasteiger charge is -2.11. The van der Waals surface area contributed by atoms with Crippen molar-refractivity contribution in [3.8, 4) is 11.8 Å². The number of aromatic nitrogens is 1. The Morgan fingerprint density at radius 3 is 2.60 bits per heavy atom. The summed E-state index contributed by atoms with van der Waals surface area (Å²) in [7, 11) is 0. The lowest BCUT2D eigenvalue weighted by molar-refractivity contribution is -0.112. The van der Waals surface area contributed by atoms with Crippen LogP contribution in [0.1, 0.15) is 22.5 Å². The molecule has 0 bridgehead atoms. The Bertz CT molecular complexity index is 1220. The highest BCUT2D eigenvalue weighted by Gasteiger charge is 2.16. The first-order valence-corrected chi connectivity index (χ1v) is 10.2. The molecule has 2 aromatic carbocycles. The van der Waals surface area contributed by atoms with E-state index in [9.17, 15) is 14.4 Å². The van der Waals surface area contributed by atoms with E-state index in [1.807, 2.05) is 32.9 Å². The maximum absolute atomic E-state index is 14.5. The van der Waals surface area contributed by atoms with E-state index in [-0.39, 0.29) is 11.4 Å². The van der Waals surface area contributed by atoms with Crippen LogP contribution in [0.15, 0.2) is 52.5 Å². The number of nitriles is 1. The zero-order valence-electron chi connectivity index (χ0n) is 16.6. The Balaban J connectivity index is 1.98. The van der Waals surface area contributed by atoms with Crippen molar-refractivity contribution in [2.45, 2.75) is 20.8 Å². The number of aryl methyl sites for hydroxylation is 2. The number of hydrogen-bond donors (Lipinski definition) is 1. The first-order chi connectivity index (χ1) is 14.2. The van der Waals surface area contributed by atoms with Gasteiger partial charge in [0.15, 0.2) is 0 Å². The van der Waals surface area contributed by atoms with Gasteiger partial charge in [-0.1, -0.05) is 33.6 Å². The average molecular weight is 487 g/mol. The predicted molar refractivity (Wildman–Crippen MR) is 121 cm³/mol. The van der Waals surface area contributed by atoms with Crippen LogP contribution in [0.3, 0.4) is 0 Å². The van der Waals surface area contributed by atoms with Crippen molar-refractivity contribution in [3.63, 3.8) is 0 Å². The first kappa shape index (κ1) is 21.8. The number of rotatable bonds is 4. The van der Waals surface area contributed by atoms with Crippen LogP contribution in [0.2, 0.25) is 5.02 Å². The normalized spacial score (nSPS) is 11.3. The van der Waals surface area contributed by atoms with Crippen molar-refractivity contribution in [2.75, 3.05) is 5.32 Å². The smallest absolute Gasteiger partial charge is 0.266 e. The van der Waals surface area contributed by atoms with Gasteiger partial charge in [0, 0.05) is 26.6 Å². The Kier molecular flexibility index (Phi) is 6.45. The molecule has 1 heterocycles. The molecule has 4 nitrogen and oxygen atoms in total. The molecule has 0 unspecified atom stereocenters. The van der Waals surface area contributed by atoms with Crippen LogP contribution >= 0.6 is 27.5 Å². The molecule has 3 rings (SSSR count). The van der Waals surface area contributed by atoms with Gasteiger partial charge in [-0.15, -0.1) is 0 Å². The van der Waals surface area contributed by atoms with Crippen LogP contribution < -0.4 is 5.32 Å². The molecule has 152 valence electrons. The molecular formula is C23H18BrClFN3O. The SMILES string of the molecule is Cc1ccc(Cl)cc1NC(=O)/C(C#N)=C\c1cc(C)n(-c2ccc(Br)cc2F)c1C. The molecule has 0 atom stereocenters. The van der Waals surface area contributed by atoms with Gasteiger partial charge in [-0.2, -0.15) is 5.26 Å². The number of carbonyl (C=O) groups excluding carboxylic acids is 1. The molecule has 3 aromatic rings. The van der Waals surface area contributed by atoms with Gasteiger partial charge in [-0.3, -0.25) is 4.79 Å². The van der Waals surface area contributed by atoms with Crippen molar-refractivity contribution in [1.82, 2.24) is 4.57 Å². The summed E-state index contributed by atoms with van der Waals surface area (Å²) in [5.41, 5.74) is 3.85. The summed E-state index contributed by atoms with van der Waals surface area (Å²) in [4.78, 5) is 12.7. The monoisotopic (exact) mass is 485 g/mol. The fourth-order valence-corrected chi connectivity index (χ4v) is 3.69. The van der Waals surface area contributed by atoms with Crippen molar-refractivity contribution in [1.29, 1.82) is 5.26 Å². The number of nitrogens with zero attached hydrogens (tertiary/aromatic N) is 2. The highest BCUT2D eigenvalue weighted by Crippen LogP contribution is 2.27. The van der Waals surface area contributed by atoms with E-state index in [1.54, 1.807) is 34.9 Å². The maximum atomic E-state index is 14.5. The highest BCUT2D eigenvalue weighted by molar-refractivity contribution is 9.10. The van der Waals surface area contributed by atoms with Crippen molar-refractivity contribution < 1.29 is 9.18 Å². The van der Waals surface area contributed by atoms with Crippen LogP contribution in [0.25, 0.3) is 11.8 Å². The number of hydrogen-bond acceptors (Lipinski definition) is 2. The molecule has 7 heteroatoms. The maximum Gasteiger partial charge on any atom is 0.266 e. The third-order valence-corrected chi connectivity index (χ3v) is 5.46. The van der Waals surface area contributed by atoms with E-state index in [2.05, 4.69) is 21.2 Å². The summed E-state index contributed by atoms with van der Waals surface area (Å²) in [5.74, 6) is -0.918. The number of benzene rings is 2. The van der Waals surface area contributed by atoms with Crippen molar-refractivity contribution in [3.05, 3.63) is 85.9 Å². The van der Waals surface area contributed by atoms with E-state index in [4.69, 9.17) is 11.6 Å². The third-order valence-electron chi connectivity index (χ3n) is 4.73. The van der Waals surface area contributed by atoms with Crippen LogP contribution in [0.5, 0.6) is 0 Å². The minimum atomic E-state index is -0.539. The second-order valence-corrected chi connectivity index (χ2v) is 8.19. The molecule has 0 spiro atoms. The summed E-state index contributed by atoms with van der Waals surface area (Å²) in [6.45, 7) is 5.49. The summed E-state index contributed by atoms with van der Waals surface area (Å²) < 4.78 is 16.9. The van der Waals surface area contributed by atoms with Crippen LogP contribution in [-0.2, 0) is 4.79 Å². The van der Waals surface area contributed by atoms with E-state index >= 15 is 0 Å². The minimum absolute atomic E-state index is 0.0640. The predicted octanol–water partition coefficient (Wildman–Crippen LogP) is 6.50. The molecule has 0 aliphatic heterocycles. The van der Waals surface area contributed by atoms with Gasteiger partial charge >= 0.3 is 0 Å². The minimum Gasteiger partial charge on any atom is -0.321 e. The molecule has 30 heavy (non-hydrogen) atoms. The van der Waals surface area contributed by atoms with Gasteiger partial charge in [0.2, 0.25) is 0 Å². The molecule has 1 amide bonds. The van der Waals surface area contributed by atoms with E-state index in [0.717, 1.165) is 11.3 Å². The average Bonchev–Trinajstić information content (AvgIpc) is 2.96. The Hall–Kier alpha value is -2.88. The highest BCUT2D eigenvalue weighted by atomic mass is 79.9. The van der Waals surface area contributed by atoms with Gasteiger partial charge in [0.1, 0.15) is 17.5 Å². The van der Waals surface area contributed by atoms with E-state index in [0.29, 0.717) is 32.1 Å². The van der Waals surface area contributed by atoms with Crippen LogP contribution in [-0.4, -0.2) is 10.5 Å². The number of anilines is 1. The quantitative estimate of drug-likeness (QED) is 0.338. The second-order valence-electron chi connectivity index (χ2n) is 6.84. The largest absolute Gasteiger partial charge is 0.321 e. The van der Waals surface area contributed by atoms with Gasteiger partial charge in [-0.25, -0.2) is 4.39 Å². The van der Waals surface area contributed by atoms with E-state index < -0.39 is 5.91 Å². The molecule has 0 aliphatic carbocycles. The third kappa shape index (κ3) is 4.48. The first-order valence-electron chi connectivity index (χ1n) is 9.05. The number of amides is 1. The second kappa shape index (κ2) is 8.86. The topological polar surface area (TPSA) is 57.8 Å². The molecular weight excluding hydrogens is 469 g/mol. The standard InChI is InChI=1S/C23H18BrClFN3O/c1-13-4-6-19(25)11-21(13)28-23(30)17(12-27)9-16-8-14(2)29(15(16)3)22-7-5-18(24)10-20(22)26/h4-11H,1-3H3,(H,28,30)/b17-9-. The molecule has 1 N–H and O–H groups in total. The summed E-state index contributed by atoms with van der Waals surface area (Å²) in [5, 5.41) is 12.7. The molecule has 0 radical (unpaired) electrons. The number of nitrogens with one attached hydrogen (secondary N) is 1. The fourth-order valence-electron chi connectivity index (χ4n) is 3.19. The molecule has 0 saturated heterocycles. The molecule has 0 saturated carbocycles. The summed E-state index contributed by atoms with van der Waals surface area (Å²) >= 11 is 9.26. The number of halogens is 3. The van der Waals surface area contributed by atoms with Crippen molar-refractivity contribution >= 4 is 45.2 Å². The fraction of sp³-hybridized carbons (Fsp3) is 0.130. The lowest BCUT2D eigenvalue weighted by atomic mass is 10.1. The zero-order chi connectivity index (χ0) is 22.0. The Morgan fingerprint density at radius 2 is 1.93 bits per heavy atom. The van der Waals surface area contributed by atoms with Crippen molar-refractivity contribution in [2.24, 2.45) is 0 Å². The summed E-state index contributed by atoms with van der Waals surface area (Å²) in [6, 6.07) is 13.7. The van der Waals surface area contributed by atoms with Crippen LogP contribution in [0.4, 0.5) is 10.1 Å². The van der Waals surface area contributed by atoms with Gasteiger partial charge in [-0.05, 0) is 74.4 Å². The molecule has 0 fully saturated rings. The molecule has 1 aromatic heterocycles. The van der Waals surface area contributed by atoms with Crippen LogP contribution in [0, 0.1) is 37.9 Å². The zero-order valence-corrected chi connectivity index (χ0v) is 18.9. The Morgan fingerprint density at radius 1 is 1.20 bits per heavy atom. The summed E-state index contributed by atoms with van der Waals surface area (Å²) in [6.07, 6.45) is 1.50. The Labute approximate surface area is 187 Å².